The van der Waals surface area contributed by atoms with E-state index in [0.29, 0.717) is 36.9 Å². The molecule has 0 radical (unpaired) electrons. The molecule has 0 unspecified atom stereocenters. The highest BCUT2D eigenvalue weighted by Gasteiger charge is 2.15. The maximum atomic E-state index is 12.9. The molecule has 162 valence electrons. The van der Waals surface area contributed by atoms with Crippen LogP contribution in [0, 0.1) is 5.21 Å². The van der Waals surface area contributed by atoms with Gasteiger partial charge in [-0.25, -0.2) is 0 Å². The van der Waals surface area contributed by atoms with Crippen LogP contribution < -0.4 is 4.74 Å². The van der Waals surface area contributed by atoms with Crippen molar-refractivity contribution >= 4 is 23.1 Å². The molecule has 0 atom stereocenters. The van der Waals surface area contributed by atoms with E-state index < -0.39 is 0 Å². The van der Waals surface area contributed by atoms with E-state index in [1.54, 1.807) is 17.8 Å². The van der Waals surface area contributed by atoms with Gasteiger partial charge in [-0.3, -0.25) is 0 Å². The summed E-state index contributed by atoms with van der Waals surface area (Å²) in [7, 11) is 0. The van der Waals surface area contributed by atoms with Crippen LogP contribution in [0.4, 0.5) is 11.4 Å². The Morgan fingerprint density at radius 3 is 2.73 bits per heavy atom. The van der Waals surface area contributed by atoms with Gasteiger partial charge in [0.15, 0.2) is 11.4 Å². The molecule has 1 aliphatic rings. The third-order valence-corrected chi connectivity index (χ3v) is 6.11. The Balaban J connectivity index is 1.79. The van der Waals surface area contributed by atoms with Crippen molar-refractivity contribution in [3.8, 4) is 5.75 Å². The van der Waals surface area contributed by atoms with Gasteiger partial charge in [0.1, 0.15) is 6.61 Å². The smallest absolute Gasteiger partial charge is 0.258 e. The van der Waals surface area contributed by atoms with Crippen LogP contribution >= 0.6 is 11.8 Å². The van der Waals surface area contributed by atoms with Gasteiger partial charge >= 0.3 is 0 Å². The molecule has 2 aromatic rings. The predicted octanol–water partition coefficient (Wildman–Crippen LogP) is 7.02. The van der Waals surface area contributed by atoms with Crippen LogP contribution in [0.1, 0.15) is 51.0 Å². The Morgan fingerprint density at radius 2 is 1.83 bits per heavy atom. The summed E-state index contributed by atoms with van der Waals surface area (Å²) >= 11 is 1.61. The minimum absolute atomic E-state index is 0.440. The van der Waals surface area contributed by atoms with E-state index in [-0.39, 0.29) is 0 Å². The van der Waals surface area contributed by atoms with Gasteiger partial charge in [-0.15, -0.1) is 11.8 Å². The minimum atomic E-state index is 0.440. The van der Waals surface area contributed by atoms with E-state index in [2.05, 4.69) is 18.1 Å². The Hall–Kier alpha value is -2.05. The Bertz CT molecular complexity index is 826. The summed E-state index contributed by atoms with van der Waals surface area (Å²) in [5.41, 5.74) is 2.31. The second-order valence-electron chi connectivity index (χ2n) is 7.47. The van der Waals surface area contributed by atoms with Crippen molar-refractivity contribution in [2.75, 3.05) is 25.6 Å². The van der Waals surface area contributed by atoms with Gasteiger partial charge in [0.05, 0.1) is 18.1 Å². The number of ether oxygens (including phenoxy) is 2. The molecular weight excluding hydrogens is 396 g/mol. The Labute approximate surface area is 184 Å². The van der Waals surface area contributed by atoms with Crippen LogP contribution in [0.5, 0.6) is 5.75 Å². The molecule has 0 aromatic heterocycles. The number of thioether (sulfide) groups is 1. The second-order valence-corrected chi connectivity index (χ2v) is 8.61. The normalized spacial score (nSPS) is 14.9. The van der Waals surface area contributed by atoms with Crippen LogP contribution in [0.2, 0.25) is 0 Å². The average molecular weight is 429 g/mol. The molecule has 30 heavy (non-hydrogen) atoms. The maximum Gasteiger partial charge on any atom is 0.258 e. The molecule has 0 amide bonds. The lowest BCUT2D eigenvalue weighted by molar-refractivity contribution is -0.438. The monoisotopic (exact) mass is 428 g/mol. The number of fused-ring (bicyclic) bond motifs is 2. The van der Waals surface area contributed by atoms with Gasteiger partial charge in [0, 0.05) is 16.9 Å². The van der Waals surface area contributed by atoms with Crippen LogP contribution in [0.25, 0.3) is 0 Å². The molecule has 0 saturated heterocycles. The quantitative estimate of drug-likeness (QED) is 0.270. The summed E-state index contributed by atoms with van der Waals surface area (Å²) in [6.07, 6.45) is 8.56. The van der Waals surface area contributed by atoms with Gasteiger partial charge in [0.2, 0.25) is 0 Å². The van der Waals surface area contributed by atoms with Crippen LogP contribution in [0.3, 0.4) is 0 Å². The van der Waals surface area contributed by atoms with Crippen molar-refractivity contribution in [3.63, 3.8) is 0 Å². The number of unbranched alkanes of at least 4 members (excludes halogenated alkanes) is 5. The first-order valence-corrected chi connectivity index (χ1v) is 12.0. The lowest BCUT2D eigenvalue weighted by atomic mass is 10.0. The first-order chi connectivity index (χ1) is 14.8. The van der Waals surface area contributed by atoms with Crippen LogP contribution in [-0.4, -0.2) is 30.4 Å². The van der Waals surface area contributed by atoms with E-state index >= 15 is 0 Å². The lowest BCUT2D eigenvalue weighted by Crippen LogP contribution is -2.08. The number of benzene rings is 2. The summed E-state index contributed by atoms with van der Waals surface area (Å²) in [6, 6.07) is 13.6. The Kier molecular flexibility index (Phi) is 9.51. The van der Waals surface area contributed by atoms with Crippen molar-refractivity contribution in [1.29, 1.82) is 0 Å². The number of aryl methyl sites for hydroxylation is 1. The van der Waals surface area contributed by atoms with Crippen LogP contribution in [-0.2, 0) is 11.2 Å². The van der Waals surface area contributed by atoms with Crippen molar-refractivity contribution in [1.82, 2.24) is 0 Å². The fraction of sp³-hybridized carbons (Fsp3) is 0.500. The molecule has 5 nitrogen and oxygen atoms in total. The molecule has 6 heteroatoms. The number of hydrogen-bond acceptors (Lipinski definition) is 5. The first-order valence-electron chi connectivity index (χ1n) is 11.0. The van der Waals surface area contributed by atoms with Crippen molar-refractivity contribution in [2.45, 2.75) is 56.8 Å². The first kappa shape index (κ1) is 22.6. The van der Waals surface area contributed by atoms with E-state index in [0.717, 1.165) is 28.4 Å². The summed E-state index contributed by atoms with van der Waals surface area (Å²) in [4.78, 5) is 1.63. The largest absolute Gasteiger partial charge is 0.594 e. The number of hydrogen-bond donors (Lipinski definition) is 0. The fourth-order valence-corrected chi connectivity index (χ4v) is 4.33. The highest BCUT2D eigenvalue weighted by molar-refractivity contribution is 7.99. The molecule has 1 aliphatic heterocycles. The number of para-hydroxylation sites is 1. The van der Waals surface area contributed by atoms with Gasteiger partial charge in [-0.05, 0) is 41.5 Å². The molecule has 0 saturated carbocycles. The SMILES string of the molecule is CCCCCCCCc1ccc2c(c1)N=[N+]([O-])c1ccccc1SCCOCCO2. The average Bonchev–Trinajstić information content (AvgIpc) is 2.77. The molecule has 0 bridgehead atoms. The van der Waals surface area contributed by atoms with E-state index in [1.807, 2.05) is 30.3 Å². The van der Waals surface area contributed by atoms with Crippen LogP contribution in [0.15, 0.2) is 52.5 Å². The Morgan fingerprint density at radius 1 is 1.00 bits per heavy atom. The summed E-state index contributed by atoms with van der Waals surface area (Å²) in [5.74, 6) is 1.40. The van der Waals surface area contributed by atoms with Crippen molar-refractivity contribution in [2.24, 2.45) is 5.11 Å². The van der Waals surface area contributed by atoms with Gasteiger partial charge < -0.3 is 14.7 Å². The highest BCUT2D eigenvalue weighted by Crippen LogP contribution is 2.34. The molecule has 0 fully saturated rings. The minimum Gasteiger partial charge on any atom is -0.594 e. The zero-order valence-electron chi connectivity index (χ0n) is 17.8. The fourth-order valence-electron chi connectivity index (χ4n) is 3.44. The maximum absolute atomic E-state index is 12.9. The summed E-state index contributed by atoms with van der Waals surface area (Å²) < 4.78 is 11.5. The second kappa shape index (κ2) is 12.6. The highest BCUT2D eigenvalue weighted by atomic mass is 32.2. The van der Waals surface area contributed by atoms with E-state index in [1.165, 1.54) is 37.7 Å². The molecule has 0 aliphatic carbocycles. The predicted molar refractivity (Wildman–Crippen MR) is 122 cm³/mol. The third-order valence-electron chi connectivity index (χ3n) is 5.08. The van der Waals surface area contributed by atoms with Gasteiger partial charge in [-0.2, -0.15) is 0 Å². The number of nitrogens with zero attached hydrogens (tertiary/aromatic N) is 2. The molecule has 0 spiro atoms. The van der Waals surface area contributed by atoms with Gasteiger partial charge in [0.25, 0.3) is 5.69 Å². The molecule has 1 heterocycles. The molecular formula is C24H32N2O3S. The van der Waals surface area contributed by atoms with Crippen molar-refractivity contribution < 1.29 is 14.3 Å². The molecule has 2 aromatic carbocycles. The summed E-state index contributed by atoms with van der Waals surface area (Å²) in [5, 5.41) is 17.3. The molecule has 3 rings (SSSR count). The number of azo groups is 1. The molecule has 0 N–H and O–H groups in total. The topological polar surface area (TPSA) is 56.9 Å². The van der Waals surface area contributed by atoms with E-state index in [4.69, 9.17) is 9.47 Å². The number of rotatable bonds is 7. The standard InChI is InChI=1S/C24H32N2O3S/c1-2-3-4-5-6-7-10-20-13-14-23-21(19-20)25-26(27)22-11-8-9-12-24(22)30-18-17-28-15-16-29-23/h8-9,11-14,19H,2-7,10,15-18H2,1H3. The zero-order valence-corrected chi connectivity index (χ0v) is 18.7. The third kappa shape index (κ3) is 7.03. The van der Waals surface area contributed by atoms with E-state index in [9.17, 15) is 5.21 Å². The van der Waals surface area contributed by atoms with Gasteiger partial charge in [-0.1, -0.05) is 57.2 Å². The zero-order chi connectivity index (χ0) is 21.0. The lowest BCUT2D eigenvalue weighted by Gasteiger charge is -2.10. The summed E-state index contributed by atoms with van der Waals surface area (Å²) in [6.45, 7) is 3.81. The van der Waals surface area contributed by atoms with Crippen molar-refractivity contribution in [3.05, 3.63) is 53.2 Å².